The van der Waals surface area contributed by atoms with E-state index in [-0.39, 0.29) is 18.5 Å². The maximum atomic E-state index is 13.3. The molecule has 3 amide bonds. The number of benzene rings is 1. The van der Waals surface area contributed by atoms with Gasteiger partial charge < -0.3 is 5.32 Å². The molecule has 1 aliphatic rings. The fourth-order valence-corrected chi connectivity index (χ4v) is 2.06. The summed E-state index contributed by atoms with van der Waals surface area (Å²) in [5.41, 5.74) is -1.31. The molecule has 0 radical (unpaired) electrons. The number of hydrogen-bond donors (Lipinski definition) is 1. The Morgan fingerprint density at radius 2 is 2.05 bits per heavy atom. The summed E-state index contributed by atoms with van der Waals surface area (Å²) in [5.74, 6) is -2.72. The fourth-order valence-electron chi connectivity index (χ4n) is 2.06. The third-order valence-electron chi connectivity index (χ3n) is 3.22. The molecular formula is C13H11F2N3O2. The van der Waals surface area contributed by atoms with Crippen molar-refractivity contribution >= 4 is 11.9 Å². The Hall–Kier alpha value is -2.49. The van der Waals surface area contributed by atoms with Gasteiger partial charge in [-0.3, -0.25) is 9.69 Å². The van der Waals surface area contributed by atoms with Crippen LogP contribution in [0.5, 0.6) is 0 Å². The number of nitrogens with one attached hydrogen (secondary N) is 1. The monoisotopic (exact) mass is 279 g/mol. The van der Waals surface area contributed by atoms with Crippen molar-refractivity contribution in [1.82, 2.24) is 10.2 Å². The molecule has 1 aliphatic heterocycles. The lowest BCUT2D eigenvalue weighted by molar-refractivity contribution is -0.131. The maximum absolute atomic E-state index is 13.3. The van der Waals surface area contributed by atoms with Gasteiger partial charge in [-0.25, -0.2) is 13.6 Å². The van der Waals surface area contributed by atoms with E-state index >= 15 is 0 Å². The highest BCUT2D eigenvalue weighted by atomic mass is 19.2. The first-order valence-electron chi connectivity index (χ1n) is 5.86. The van der Waals surface area contributed by atoms with Crippen molar-refractivity contribution in [1.29, 1.82) is 5.26 Å². The number of halogens is 2. The zero-order valence-corrected chi connectivity index (χ0v) is 10.6. The van der Waals surface area contributed by atoms with Crippen LogP contribution >= 0.6 is 0 Å². The lowest BCUT2D eigenvalue weighted by Gasteiger charge is -2.22. The highest BCUT2D eigenvalue weighted by molar-refractivity contribution is 6.07. The van der Waals surface area contributed by atoms with Crippen molar-refractivity contribution in [2.45, 2.75) is 18.9 Å². The van der Waals surface area contributed by atoms with Crippen LogP contribution in [0.25, 0.3) is 0 Å². The molecule has 7 heteroatoms. The lowest BCUT2D eigenvalue weighted by atomic mass is 9.92. The summed E-state index contributed by atoms with van der Waals surface area (Å²) in [6.45, 7) is 1.37. The lowest BCUT2D eigenvalue weighted by Crippen LogP contribution is -2.41. The summed E-state index contributed by atoms with van der Waals surface area (Å²) in [6, 6.07) is 4.19. The van der Waals surface area contributed by atoms with Gasteiger partial charge in [-0.1, -0.05) is 6.07 Å². The van der Waals surface area contributed by atoms with Gasteiger partial charge in [-0.15, -0.1) is 0 Å². The van der Waals surface area contributed by atoms with E-state index in [0.717, 1.165) is 17.0 Å². The van der Waals surface area contributed by atoms with Crippen LogP contribution in [0, 0.1) is 23.0 Å². The predicted molar refractivity (Wildman–Crippen MR) is 64.2 cm³/mol. The second kappa shape index (κ2) is 4.89. The van der Waals surface area contributed by atoms with Crippen LogP contribution in [0.15, 0.2) is 18.2 Å². The van der Waals surface area contributed by atoms with Gasteiger partial charge in [-0.2, -0.15) is 5.26 Å². The molecule has 2 rings (SSSR count). The molecule has 1 heterocycles. The number of nitrogens with zero attached hydrogens (tertiary/aromatic N) is 2. The predicted octanol–water partition coefficient (Wildman–Crippen LogP) is 1.65. The molecule has 0 bridgehead atoms. The molecule has 0 aliphatic carbocycles. The normalized spacial score (nSPS) is 21.8. The average Bonchev–Trinajstić information content (AvgIpc) is 2.62. The summed E-state index contributed by atoms with van der Waals surface area (Å²) >= 11 is 0. The number of carbonyl (C=O) groups excluding carboxylic acids is 2. The Morgan fingerprint density at radius 1 is 1.35 bits per heavy atom. The number of carbonyl (C=O) groups is 2. The van der Waals surface area contributed by atoms with Crippen molar-refractivity contribution in [2.75, 3.05) is 6.54 Å². The molecule has 1 saturated heterocycles. The largest absolute Gasteiger partial charge is 0.325 e. The van der Waals surface area contributed by atoms with Crippen LogP contribution in [0.3, 0.4) is 0 Å². The average molecular weight is 279 g/mol. The maximum Gasteiger partial charge on any atom is 0.325 e. The van der Waals surface area contributed by atoms with Crippen molar-refractivity contribution in [3.8, 4) is 6.07 Å². The number of imide groups is 1. The minimum absolute atomic E-state index is 0.00696. The number of nitriles is 1. The Balaban J connectivity index is 2.36. The highest BCUT2D eigenvalue weighted by Crippen LogP contribution is 2.29. The van der Waals surface area contributed by atoms with E-state index in [4.69, 9.17) is 5.26 Å². The molecule has 1 unspecified atom stereocenters. The second-order valence-corrected chi connectivity index (χ2v) is 4.55. The molecule has 104 valence electrons. The van der Waals surface area contributed by atoms with Gasteiger partial charge >= 0.3 is 6.03 Å². The summed E-state index contributed by atoms with van der Waals surface area (Å²) < 4.78 is 26.2. The Bertz CT molecular complexity index is 627. The molecular weight excluding hydrogens is 268 g/mol. The Kier molecular flexibility index (Phi) is 3.40. The van der Waals surface area contributed by atoms with Gasteiger partial charge in [0.25, 0.3) is 5.91 Å². The summed E-state index contributed by atoms with van der Waals surface area (Å²) in [6.07, 6.45) is 0.00696. The first kappa shape index (κ1) is 13.9. The molecule has 1 atom stereocenters. The molecule has 0 saturated carbocycles. The van der Waals surface area contributed by atoms with E-state index < -0.39 is 29.1 Å². The zero-order valence-electron chi connectivity index (χ0n) is 10.6. The minimum Gasteiger partial charge on any atom is -0.319 e. The van der Waals surface area contributed by atoms with Gasteiger partial charge in [0.1, 0.15) is 5.54 Å². The molecule has 0 spiro atoms. The van der Waals surface area contributed by atoms with E-state index in [0.29, 0.717) is 0 Å². The standard InChI is InChI=1S/C13H11F2N3O2/c1-13(8-3-4-9(14)10(15)7-8)11(19)18(6-2-5-16)12(20)17-13/h3-4,7H,2,6H2,1H3,(H,17,20). The zero-order chi connectivity index (χ0) is 14.9. The highest BCUT2D eigenvalue weighted by Gasteiger charge is 2.48. The molecule has 5 nitrogen and oxygen atoms in total. The number of amides is 3. The van der Waals surface area contributed by atoms with Crippen LogP contribution in [-0.2, 0) is 10.3 Å². The van der Waals surface area contributed by atoms with E-state index in [9.17, 15) is 18.4 Å². The summed E-state index contributed by atoms with van der Waals surface area (Å²) in [7, 11) is 0. The van der Waals surface area contributed by atoms with E-state index in [1.54, 1.807) is 0 Å². The van der Waals surface area contributed by atoms with Crippen molar-refractivity contribution in [2.24, 2.45) is 0 Å². The quantitative estimate of drug-likeness (QED) is 0.855. The summed E-state index contributed by atoms with van der Waals surface area (Å²) in [5, 5.41) is 10.9. The topological polar surface area (TPSA) is 73.2 Å². The molecule has 0 aromatic heterocycles. The van der Waals surface area contributed by atoms with Crippen molar-refractivity contribution < 1.29 is 18.4 Å². The molecule has 1 aromatic rings. The van der Waals surface area contributed by atoms with Crippen molar-refractivity contribution in [3.63, 3.8) is 0 Å². The molecule has 20 heavy (non-hydrogen) atoms. The van der Waals surface area contributed by atoms with E-state index in [2.05, 4.69) is 5.32 Å². The number of rotatable bonds is 3. The molecule has 1 aromatic carbocycles. The molecule has 1 N–H and O–H groups in total. The minimum atomic E-state index is -1.46. The van der Waals surface area contributed by atoms with Crippen LogP contribution in [-0.4, -0.2) is 23.4 Å². The van der Waals surface area contributed by atoms with Gasteiger partial charge in [0, 0.05) is 6.54 Å². The van der Waals surface area contributed by atoms with Gasteiger partial charge in [-0.05, 0) is 24.6 Å². The van der Waals surface area contributed by atoms with Crippen LogP contribution in [0.4, 0.5) is 13.6 Å². The van der Waals surface area contributed by atoms with Gasteiger partial charge in [0.2, 0.25) is 0 Å². The summed E-state index contributed by atoms with van der Waals surface area (Å²) in [4.78, 5) is 24.9. The first-order valence-corrected chi connectivity index (χ1v) is 5.86. The Labute approximate surface area is 113 Å². The number of urea groups is 1. The first-order chi connectivity index (χ1) is 9.40. The third kappa shape index (κ3) is 2.09. The SMILES string of the molecule is CC1(c2ccc(F)c(F)c2)NC(=O)N(CCC#N)C1=O. The smallest absolute Gasteiger partial charge is 0.319 e. The molecule has 1 fully saturated rings. The Morgan fingerprint density at radius 3 is 2.65 bits per heavy atom. The van der Waals surface area contributed by atoms with E-state index in [1.165, 1.54) is 13.0 Å². The van der Waals surface area contributed by atoms with Crippen LogP contribution in [0.1, 0.15) is 18.9 Å². The number of hydrogen-bond acceptors (Lipinski definition) is 3. The second-order valence-electron chi connectivity index (χ2n) is 4.55. The van der Waals surface area contributed by atoms with E-state index in [1.807, 2.05) is 6.07 Å². The van der Waals surface area contributed by atoms with Gasteiger partial charge in [0.05, 0.1) is 12.5 Å². The van der Waals surface area contributed by atoms with Crippen LogP contribution < -0.4 is 5.32 Å². The fraction of sp³-hybridized carbons (Fsp3) is 0.308. The third-order valence-corrected chi connectivity index (χ3v) is 3.22. The van der Waals surface area contributed by atoms with Crippen molar-refractivity contribution in [3.05, 3.63) is 35.4 Å². The van der Waals surface area contributed by atoms with Crippen LogP contribution in [0.2, 0.25) is 0 Å². The van der Waals surface area contributed by atoms with Gasteiger partial charge in [0.15, 0.2) is 11.6 Å².